The van der Waals surface area contributed by atoms with Crippen LogP contribution in [0, 0.1) is 5.92 Å². The highest BCUT2D eigenvalue weighted by molar-refractivity contribution is 5.76. The van der Waals surface area contributed by atoms with Crippen LogP contribution in [0.2, 0.25) is 0 Å². The Bertz CT molecular complexity index is 178. The largest absolute Gasteiger partial charge is 0.340 e. The molecule has 0 spiro atoms. The van der Waals surface area contributed by atoms with Crippen molar-refractivity contribution in [2.75, 3.05) is 13.1 Å². The lowest BCUT2D eigenvalue weighted by atomic mass is 10.1. The van der Waals surface area contributed by atoms with Gasteiger partial charge in [-0.2, -0.15) is 0 Å². The molecular formula is C12H26N2O. The van der Waals surface area contributed by atoms with E-state index in [9.17, 15) is 4.79 Å². The van der Waals surface area contributed by atoms with Gasteiger partial charge in [-0.05, 0) is 39.2 Å². The predicted molar refractivity (Wildman–Crippen MR) is 64.6 cm³/mol. The summed E-state index contributed by atoms with van der Waals surface area (Å²) in [5, 5.41) is 0. The lowest BCUT2D eigenvalue weighted by Gasteiger charge is -2.28. The fourth-order valence-electron chi connectivity index (χ4n) is 1.56. The zero-order valence-corrected chi connectivity index (χ0v) is 10.6. The van der Waals surface area contributed by atoms with Crippen LogP contribution >= 0.6 is 0 Å². The Morgan fingerprint density at radius 3 is 2.20 bits per heavy atom. The van der Waals surface area contributed by atoms with Crippen LogP contribution in [0.1, 0.15) is 47.0 Å². The number of amides is 1. The second kappa shape index (κ2) is 7.69. The van der Waals surface area contributed by atoms with Gasteiger partial charge in [0.2, 0.25) is 5.91 Å². The fraction of sp³-hybridized carbons (Fsp3) is 0.917. The van der Waals surface area contributed by atoms with Crippen LogP contribution in [0.4, 0.5) is 0 Å². The lowest BCUT2D eigenvalue weighted by molar-refractivity contribution is -0.133. The van der Waals surface area contributed by atoms with Gasteiger partial charge < -0.3 is 10.6 Å². The van der Waals surface area contributed by atoms with Crippen LogP contribution in [0.25, 0.3) is 0 Å². The van der Waals surface area contributed by atoms with Gasteiger partial charge in [0, 0.05) is 19.0 Å². The highest BCUT2D eigenvalue weighted by Gasteiger charge is 2.16. The molecule has 0 unspecified atom stereocenters. The summed E-state index contributed by atoms with van der Waals surface area (Å²) < 4.78 is 0. The van der Waals surface area contributed by atoms with E-state index >= 15 is 0 Å². The summed E-state index contributed by atoms with van der Waals surface area (Å²) in [7, 11) is 0. The summed E-state index contributed by atoms with van der Waals surface area (Å²) in [5.41, 5.74) is 5.41. The van der Waals surface area contributed by atoms with Crippen LogP contribution in [0.3, 0.4) is 0 Å². The molecule has 0 radical (unpaired) electrons. The van der Waals surface area contributed by atoms with Crippen LogP contribution < -0.4 is 5.73 Å². The van der Waals surface area contributed by atoms with Gasteiger partial charge in [0.05, 0.1) is 0 Å². The summed E-state index contributed by atoms with van der Waals surface area (Å²) >= 11 is 0. The van der Waals surface area contributed by atoms with Crippen molar-refractivity contribution in [1.82, 2.24) is 4.90 Å². The zero-order chi connectivity index (χ0) is 11.8. The summed E-state index contributed by atoms with van der Waals surface area (Å²) in [4.78, 5) is 13.9. The summed E-state index contributed by atoms with van der Waals surface area (Å²) in [6, 6.07) is 0.303. The van der Waals surface area contributed by atoms with Crippen molar-refractivity contribution in [2.45, 2.75) is 53.0 Å². The van der Waals surface area contributed by atoms with Crippen LogP contribution in [0.15, 0.2) is 0 Å². The van der Waals surface area contributed by atoms with Crippen molar-refractivity contribution in [2.24, 2.45) is 11.7 Å². The normalized spacial score (nSPS) is 11.1. The maximum atomic E-state index is 11.9. The molecule has 0 aromatic carbocycles. The monoisotopic (exact) mass is 214 g/mol. The molecule has 0 fully saturated rings. The van der Waals surface area contributed by atoms with Gasteiger partial charge >= 0.3 is 0 Å². The maximum Gasteiger partial charge on any atom is 0.222 e. The molecule has 0 aliphatic rings. The van der Waals surface area contributed by atoms with Crippen molar-refractivity contribution < 1.29 is 4.79 Å². The molecule has 15 heavy (non-hydrogen) atoms. The minimum atomic E-state index is 0.271. The van der Waals surface area contributed by atoms with E-state index in [1.807, 2.05) is 4.90 Å². The van der Waals surface area contributed by atoms with Crippen LogP contribution in [-0.2, 0) is 4.79 Å². The Labute approximate surface area is 94.0 Å². The molecule has 3 heteroatoms. The Kier molecular flexibility index (Phi) is 7.39. The zero-order valence-electron chi connectivity index (χ0n) is 10.6. The number of unbranched alkanes of at least 4 members (excludes halogenated alkanes) is 1. The molecule has 0 atom stereocenters. The quantitative estimate of drug-likeness (QED) is 0.659. The predicted octanol–water partition coefficient (Wildman–Crippen LogP) is 2.01. The number of carbonyl (C=O) groups excluding carboxylic acids is 1. The summed E-state index contributed by atoms with van der Waals surface area (Å²) in [5.74, 6) is 0.804. The molecule has 3 nitrogen and oxygen atoms in total. The van der Waals surface area contributed by atoms with Gasteiger partial charge in [0.1, 0.15) is 0 Å². The van der Waals surface area contributed by atoms with Crippen molar-refractivity contribution in [1.29, 1.82) is 0 Å². The molecule has 2 N–H and O–H groups in total. The highest BCUT2D eigenvalue weighted by Crippen LogP contribution is 2.08. The molecule has 0 saturated heterocycles. The van der Waals surface area contributed by atoms with Crippen LogP contribution in [0.5, 0.6) is 0 Å². The third kappa shape index (κ3) is 6.50. The number of carbonyl (C=O) groups is 1. The van der Waals surface area contributed by atoms with Gasteiger partial charge in [0.15, 0.2) is 0 Å². The van der Waals surface area contributed by atoms with Gasteiger partial charge in [-0.1, -0.05) is 13.8 Å². The Hall–Kier alpha value is -0.570. The average molecular weight is 214 g/mol. The summed E-state index contributed by atoms with van der Waals surface area (Å²) in [6.45, 7) is 9.97. The molecule has 0 aromatic rings. The third-order valence-electron chi connectivity index (χ3n) is 2.35. The molecule has 0 saturated carbocycles. The molecule has 0 aliphatic heterocycles. The van der Waals surface area contributed by atoms with Crippen molar-refractivity contribution >= 4 is 5.91 Å². The first-order valence-electron chi connectivity index (χ1n) is 5.98. The van der Waals surface area contributed by atoms with Crippen molar-refractivity contribution in [3.8, 4) is 0 Å². The first-order chi connectivity index (χ1) is 6.99. The molecule has 0 rings (SSSR count). The SMILES string of the molecule is CC(C)CN(C(=O)CCCCN)C(C)C. The number of hydrogen-bond acceptors (Lipinski definition) is 2. The van der Waals surface area contributed by atoms with Gasteiger partial charge in [-0.25, -0.2) is 0 Å². The average Bonchev–Trinajstić information content (AvgIpc) is 2.13. The molecule has 0 bridgehead atoms. The summed E-state index contributed by atoms with van der Waals surface area (Å²) in [6.07, 6.45) is 2.50. The number of nitrogens with two attached hydrogens (primary N) is 1. The van der Waals surface area contributed by atoms with Crippen LogP contribution in [-0.4, -0.2) is 29.9 Å². The Balaban J connectivity index is 4.05. The molecule has 0 heterocycles. The van der Waals surface area contributed by atoms with E-state index in [2.05, 4.69) is 27.7 Å². The van der Waals surface area contributed by atoms with E-state index in [-0.39, 0.29) is 5.91 Å². The lowest BCUT2D eigenvalue weighted by Crippen LogP contribution is -2.39. The van der Waals surface area contributed by atoms with E-state index in [0.717, 1.165) is 19.4 Å². The molecule has 0 aromatic heterocycles. The van der Waals surface area contributed by atoms with Gasteiger partial charge in [0.25, 0.3) is 0 Å². The number of nitrogens with zero attached hydrogens (tertiary/aromatic N) is 1. The minimum absolute atomic E-state index is 0.271. The first kappa shape index (κ1) is 14.4. The van der Waals surface area contributed by atoms with E-state index in [4.69, 9.17) is 5.73 Å². The van der Waals surface area contributed by atoms with Gasteiger partial charge in [-0.15, -0.1) is 0 Å². The molecule has 0 aliphatic carbocycles. The highest BCUT2D eigenvalue weighted by atomic mass is 16.2. The van der Waals surface area contributed by atoms with E-state index in [1.54, 1.807) is 0 Å². The molecule has 1 amide bonds. The van der Waals surface area contributed by atoms with Gasteiger partial charge in [-0.3, -0.25) is 4.79 Å². The first-order valence-corrected chi connectivity index (χ1v) is 5.98. The second-order valence-electron chi connectivity index (χ2n) is 4.78. The van der Waals surface area contributed by atoms with Crippen molar-refractivity contribution in [3.05, 3.63) is 0 Å². The minimum Gasteiger partial charge on any atom is -0.340 e. The Morgan fingerprint density at radius 2 is 1.80 bits per heavy atom. The van der Waals surface area contributed by atoms with E-state index < -0.39 is 0 Å². The molecular weight excluding hydrogens is 188 g/mol. The Morgan fingerprint density at radius 1 is 1.20 bits per heavy atom. The van der Waals surface area contributed by atoms with E-state index in [1.165, 1.54) is 0 Å². The van der Waals surface area contributed by atoms with Crippen molar-refractivity contribution in [3.63, 3.8) is 0 Å². The maximum absolute atomic E-state index is 11.9. The standard InChI is InChI=1S/C12H26N2O/c1-10(2)9-14(11(3)4)12(15)7-5-6-8-13/h10-11H,5-9,13H2,1-4H3. The second-order valence-corrected chi connectivity index (χ2v) is 4.78. The number of hydrogen-bond donors (Lipinski definition) is 1. The van der Waals surface area contributed by atoms with E-state index in [0.29, 0.717) is 24.9 Å². The fourth-order valence-corrected chi connectivity index (χ4v) is 1.56. The topological polar surface area (TPSA) is 46.3 Å². The smallest absolute Gasteiger partial charge is 0.222 e. The third-order valence-corrected chi connectivity index (χ3v) is 2.35. The molecule has 90 valence electrons. The number of rotatable bonds is 7.